The molecule has 0 aliphatic heterocycles. The predicted octanol–water partition coefficient (Wildman–Crippen LogP) is 3.86. The molecule has 5 aromatic rings. The molecule has 5 rings (SSSR count). The summed E-state index contributed by atoms with van der Waals surface area (Å²) in [6.45, 7) is 4.39. The normalized spacial score (nSPS) is 11.9. The van der Waals surface area contributed by atoms with E-state index in [0.29, 0.717) is 23.6 Å². The van der Waals surface area contributed by atoms with E-state index < -0.39 is 0 Å². The Morgan fingerprint density at radius 3 is 2.20 bits per heavy atom. The van der Waals surface area contributed by atoms with E-state index in [2.05, 4.69) is 6.58 Å². The minimum absolute atomic E-state index is 0.222. The average Bonchev–Trinajstić information content (AvgIpc) is 3.09. The lowest BCUT2D eigenvalue weighted by molar-refractivity contribution is 0.753. The zero-order chi connectivity index (χ0) is 20.5. The molecule has 0 unspecified atom stereocenters. The molecule has 0 aliphatic rings. The first-order chi connectivity index (χ1) is 14.8. The highest BCUT2D eigenvalue weighted by Gasteiger charge is 2.16. The van der Waals surface area contributed by atoms with Crippen LogP contribution >= 0.6 is 0 Å². The van der Waals surface area contributed by atoms with Crippen LogP contribution in [0.2, 0.25) is 0 Å². The van der Waals surface area contributed by atoms with Gasteiger partial charge in [0.25, 0.3) is 0 Å². The molecule has 0 saturated heterocycles. The second-order valence-electron chi connectivity index (χ2n) is 6.84. The van der Waals surface area contributed by atoms with Gasteiger partial charge in [-0.05, 0) is 36.4 Å². The minimum atomic E-state index is -0.222. The van der Waals surface area contributed by atoms with Gasteiger partial charge in [0, 0.05) is 6.54 Å². The number of imidazole rings is 1. The van der Waals surface area contributed by atoms with Crippen LogP contribution < -0.4 is 11.3 Å². The van der Waals surface area contributed by atoms with Gasteiger partial charge in [0.15, 0.2) is 0 Å². The van der Waals surface area contributed by atoms with E-state index in [1.165, 1.54) is 0 Å². The summed E-state index contributed by atoms with van der Waals surface area (Å²) < 4.78 is 5.16. The fraction of sp³-hybridized carbons (Fsp3) is 0.0417. The van der Waals surface area contributed by atoms with E-state index in [9.17, 15) is 4.79 Å². The Morgan fingerprint density at radius 1 is 0.867 bits per heavy atom. The first-order valence-corrected chi connectivity index (χ1v) is 9.67. The molecule has 2 aromatic heterocycles. The van der Waals surface area contributed by atoms with Gasteiger partial charge in [0.05, 0.1) is 22.4 Å². The fourth-order valence-electron chi connectivity index (χ4n) is 3.65. The molecule has 6 heteroatoms. The lowest BCUT2D eigenvalue weighted by Crippen LogP contribution is -2.38. The first kappa shape index (κ1) is 17.9. The molecule has 0 atom stereocenters. The van der Waals surface area contributed by atoms with E-state index in [0.717, 1.165) is 16.7 Å². The number of nitrogens with zero attached hydrogens (tertiary/aromatic N) is 5. The van der Waals surface area contributed by atoms with Gasteiger partial charge in [0.2, 0.25) is 11.4 Å². The van der Waals surface area contributed by atoms with Crippen molar-refractivity contribution in [3.05, 3.63) is 114 Å². The van der Waals surface area contributed by atoms with E-state index in [-0.39, 0.29) is 5.69 Å². The quantitative estimate of drug-likeness (QED) is 0.436. The topological polar surface area (TPSA) is 56.6 Å². The van der Waals surface area contributed by atoms with Crippen LogP contribution in [0, 0.1) is 0 Å². The zero-order valence-electron chi connectivity index (χ0n) is 16.2. The average molecular weight is 393 g/mol. The maximum Gasteiger partial charge on any atom is 0.343 e. The second kappa shape index (κ2) is 7.33. The van der Waals surface area contributed by atoms with Crippen molar-refractivity contribution in [3.8, 4) is 5.69 Å². The number of aromatic nitrogens is 4. The van der Waals surface area contributed by atoms with Gasteiger partial charge in [0.1, 0.15) is 0 Å². The summed E-state index contributed by atoms with van der Waals surface area (Å²) in [4.78, 5) is 23.3. The molecule has 0 aliphatic carbocycles. The maximum absolute atomic E-state index is 13.8. The second-order valence-corrected chi connectivity index (χ2v) is 6.84. The third kappa shape index (κ3) is 2.86. The third-order valence-electron chi connectivity index (χ3n) is 4.95. The van der Waals surface area contributed by atoms with Crippen LogP contribution in [0.25, 0.3) is 22.5 Å². The van der Waals surface area contributed by atoms with E-state index >= 15 is 0 Å². The van der Waals surface area contributed by atoms with Gasteiger partial charge in [-0.25, -0.2) is 18.8 Å². The molecule has 0 spiro atoms. The minimum Gasteiger partial charge on any atom is -0.306 e. The van der Waals surface area contributed by atoms with Crippen molar-refractivity contribution in [1.29, 1.82) is 0 Å². The summed E-state index contributed by atoms with van der Waals surface area (Å²) in [5.74, 6) is 0.531. The molecular weight excluding hydrogens is 374 g/mol. The standard InChI is InChI=1S/C24H19N5O/c1-2-17-27-20-15-9-10-16-21(20)29-23(27)26-22(25-18-11-5-3-6-12-18)28(24(29)30)19-13-7-4-8-14-19/h2-16H,1,17H2. The Labute approximate surface area is 172 Å². The zero-order valence-corrected chi connectivity index (χ0v) is 16.2. The molecule has 0 N–H and O–H groups in total. The number of fused-ring (bicyclic) bond motifs is 3. The highest BCUT2D eigenvalue weighted by Crippen LogP contribution is 2.18. The molecule has 30 heavy (non-hydrogen) atoms. The number of hydrogen-bond donors (Lipinski definition) is 0. The summed E-state index contributed by atoms with van der Waals surface area (Å²) >= 11 is 0. The molecule has 0 saturated carbocycles. The van der Waals surface area contributed by atoms with E-state index in [1.54, 1.807) is 15.0 Å². The molecular formula is C24H19N5O. The summed E-state index contributed by atoms with van der Waals surface area (Å²) in [5, 5.41) is 0. The van der Waals surface area contributed by atoms with Crippen LogP contribution in [0.15, 0.2) is 107 Å². The first-order valence-electron chi connectivity index (χ1n) is 9.67. The Morgan fingerprint density at radius 2 is 1.50 bits per heavy atom. The summed E-state index contributed by atoms with van der Waals surface area (Å²) in [7, 11) is 0. The van der Waals surface area contributed by atoms with Crippen LogP contribution in [0.5, 0.6) is 0 Å². The van der Waals surface area contributed by atoms with Crippen LogP contribution in [0.3, 0.4) is 0 Å². The lowest BCUT2D eigenvalue weighted by Gasteiger charge is -2.08. The largest absolute Gasteiger partial charge is 0.343 e. The van der Waals surface area contributed by atoms with Crippen molar-refractivity contribution in [1.82, 2.24) is 18.5 Å². The van der Waals surface area contributed by atoms with Crippen LogP contribution in [0.4, 0.5) is 5.69 Å². The Balaban J connectivity index is 1.99. The monoisotopic (exact) mass is 393 g/mol. The van der Waals surface area contributed by atoms with Gasteiger partial charge < -0.3 is 4.57 Å². The Kier molecular flexibility index (Phi) is 4.37. The smallest absolute Gasteiger partial charge is 0.306 e. The molecule has 3 aromatic carbocycles. The van der Waals surface area contributed by atoms with Crippen LogP contribution in [-0.4, -0.2) is 18.5 Å². The Bertz CT molecular complexity index is 1490. The van der Waals surface area contributed by atoms with Crippen LogP contribution in [-0.2, 0) is 6.54 Å². The molecule has 146 valence electrons. The van der Waals surface area contributed by atoms with Crippen LogP contribution in [0.1, 0.15) is 0 Å². The number of benzene rings is 3. The predicted molar refractivity (Wildman–Crippen MR) is 118 cm³/mol. The fourth-order valence-corrected chi connectivity index (χ4v) is 3.65. The molecule has 0 bridgehead atoms. The number of hydrogen-bond acceptors (Lipinski definition) is 3. The van der Waals surface area contributed by atoms with Gasteiger partial charge >= 0.3 is 5.69 Å². The summed E-state index contributed by atoms with van der Waals surface area (Å²) in [6.07, 6.45) is 1.80. The van der Waals surface area contributed by atoms with Gasteiger partial charge in [-0.1, -0.05) is 54.6 Å². The number of allylic oxidation sites excluding steroid dienone is 1. The van der Waals surface area contributed by atoms with E-state index in [1.807, 2.05) is 89.5 Å². The summed E-state index contributed by atoms with van der Waals surface area (Å²) in [5.41, 5.74) is 3.25. The molecule has 0 radical (unpaired) electrons. The third-order valence-corrected chi connectivity index (χ3v) is 4.95. The lowest BCUT2D eigenvalue weighted by atomic mass is 10.3. The van der Waals surface area contributed by atoms with Gasteiger partial charge in [-0.3, -0.25) is 0 Å². The van der Waals surface area contributed by atoms with Gasteiger partial charge in [-0.15, -0.1) is 6.58 Å². The highest BCUT2D eigenvalue weighted by molar-refractivity contribution is 5.80. The highest BCUT2D eigenvalue weighted by atomic mass is 16.1. The SMILES string of the molecule is C=CCn1c2ccccc2n2c(=O)n(-c3ccccc3)c(=Nc3ccccc3)nc12. The summed E-state index contributed by atoms with van der Waals surface area (Å²) in [6, 6.07) is 26.7. The van der Waals surface area contributed by atoms with Gasteiger partial charge in [-0.2, -0.15) is 4.98 Å². The van der Waals surface area contributed by atoms with Crippen molar-refractivity contribution in [2.24, 2.45) is 4.99 Å². The molecule has 6 nitrogen and oxygen atoms in total. The van der Waals surface area contributed by atoms with Crippen molar-refractivity contribution in [3.63, 3.8) is 0 Å². The number of para-hydroxylation sites is 4. The van der Waals surface area contributed by atoms with E-state index in [4.69, 9.17) is 9.98 Å². The van der Waals surface area contributed by atoms with Crippen molar-refractivity contribution < 1.29 is 0 Å². The number of rotatable bonds is 4. The molecule has 2 heterocycles. The van der Waals surface area contributed by atoms with Crippen molar-refractivity contribution in [2.75, 3.05) is 0 Å². The molecule has 0 amide bonds. The molecule has 0 fully saturated rings. The Hall–Kier alpha value is -4.19. The maximum atomic E-state index is 13.8. The van der Waals surface area contributed by atoms with Crippen molar-refractivity contribution in [2.45, 2.75) is 6.54 Å². The van der Waals surface area contributed by atoms with Crippen molar-refractivity contribution >= 4 is 22.5 Å².